The summed E-state index contributed by atoms with van der Waals surface area (Å²) < 4.78 is 5.45. The number of pyridine rings is 1. The number of rotatable bonds is 2. The average Bonchev–Trinajstić information content (AvgIpc) is 2.29. The molecule has 0 aliphatic carbocycles. The van der Waals surface area contributed by atoms with Crippen molar-refractivity contribution in [2.24, 2.45) is 0 Å². The first-order valence-corrected chi connectivity index (χ1v) is 6.04. The highest BCUT2D eigenvalue weighted by Gasteiger charge is 2.19. The highest BCUT2D eigenvalue weighted by Crippen LogP contribution is 2.30. The second kappa shape index (κ2) is 4.47. The molecule has 0 radical (unpaired) electrons. The lowest BCUT2D eigenvalue weighted by Crippen LogP contribution is -2.17. The molecule has 3 heteroatoms. The molecule has 0 spiro atoms. The van der Waals surface area contributed by atoms with Crippen LogP contribution in [0.1, 0.15) is 18.1 Å². The fourth-order valence-electron chi connectivity index (χ4n) is 1.94. The molecule has 2 aromatic rings. The number of halogens is 1. The Morgan fingerprint density at radius 1 is 1.06 bits per heavy atom. The molecule has 1 aliphatic rings. The van der Waals surface area contributed by atoms with Crippen LogP contribution in [-0.4, -0.2) is 11.6 Å². The first-order chi connectivity index (χ1) is 8.33. The van der Waals surface area contributed by atoms with E-state index in [2.05, 4.69) is 29.2 Å². The van der Waals surface area contributed by atoms with Gasteiger partial charge in [0, 0.05) is 18.2 Å². The Morgan fingerprint density at radius 3 is 2.29 bits per heavy atom. The van der Waals surface area contributed by atoms with Gasteiger partial charge in [0.1, 0.15) is 5.15 Å². The van der Waals surface area contributed by atoms with Crippen LogP contribution < -0.4 is 0 Å². The van der Waals surface area contributed by atoms with E-state index < -0.39 is 0 Å². The van der Waals surface area contributed by atoms with Crippen LogP contribution in [0.5, 0.6) is 0 Å². The van der Waals surface area contributed by atoms with Crippen molar-refractivity contribution in [1.29, 1.82) is 0 Å². The first-order valence-electron chi connectivity index (χ1n) is 5.66. The van der Waals surface area contributed by atoms with Gasteiger partial charge in [0.05, 0.1) is 12.7 Å². The molecule has 1 aromatic carbocycles. The SMILES string of the molecule is Clc1ccc(-c2ccc(C3CCO3)cc2)cn1. The van der Waals surface area contributed by atoms with E-state index >= 15 is 0 Å². The highest BCUT2D eigenvalue weighted by molar-refractivity contribution is 6.29. The minimum absolute atomic E-state index is 0.299. The second-order valence-corrected chi connectivity index (χ2v) is 4.53. The van der Waals surface area contributed by atoms with Crippen molar-refractivity contribution in [3.63, 3.8) is 0 Å². The van der Waals surface area contributed by atoms with Gasteiger partial charge in [-0.1, -0.05) is 35.9 Å². The molecule has 0 bridgehead atoms. The minimum Gasteiger partial charge on any atom is -0.373 e. The van der Waals surface area contributed by atoms with E-state index in [1.54, 1.807) is 12.3 Å². The van der Waals surface area contributed by atoms with Gasteiger partial charge in [0.25, 0.3) is 0 Å². The zero-order valence-corrected chi connectivity index (χ0v) is 10.0. The Labute approximate surface area is 105 Å². The van der Waals surface area contributed by atoms with E-state index in [1.807, 2.05) is 6.07 Å². The summed E-state index contributed by atoms with van der Waals surface area (Å²) in [5.74, 6) is 0. The van der Waals surface area contributed by atoms with Crippen molar-refractivity contribution < 1.29 is 4.74 Å². The summed E-state index contributed by atoms with van der Waals surface area (Å²) in [5, 5.41) is 0.522. The summed E-state index contributed by atoms with van der Waals surface area (Å²) in [6, 6.07) is 12.2. The molecule has 86 valence electrons. The molecule has 1 fully saturated rings. The second-order valence-electron chi connectivity index (χ2n) is 4.14. The lowest BCUT2D eigenvalue weighted by molar-refractivity contribution is -0.0527. The number of hydrogen-bond acceptors (Lipinski definition) is 2. The summed E-state index contributed by atoms with van der Waals surface area (Å²) >= 11 is 5.76. The Bertz CT molecular complexity index is 503. The van der Waals surface area contributed by atoms with E-state index in [4.69, 9.17) is 16.3 Å². The molecule has 17 heavy (non-hydrogen) atoms. The first kappa shape index (κ1) is 10.8. The van der Waals surface area contributed by atoms with Gasteiger partial charge in [0.15, 0.2) is 0 Å². The van der Waals surface area contributed by atoms with E-state index in [9.17, 15) is 0 Å². The maximum atomic E-state index is 5.76. The molecule has 2 heterocycles. The number of aromatic nitrogens is 1. The molecule has 3 rings (SSSR count). The van der Waals surface area contributed by atoms with Gasteiger partial charge in [-0.2, -0.15) is 0 Å². The molecular weight excluding hydrogens is 234 g/mol. The predicted molar refractivity (Wildman–Crippen MR) is 68.0 cm³/mol. The fraction of sp³-hybridized carbons (Fsp3) is 0.214. The van der Waals surface area contributed by atoms with Crippen molar-refractivity contribution in [3.05, 3.63) is 53.3 Å². The fourth-order valence-corrected chi connectivity index (χ4v) is 2.05. The van der Waals surface area contributed by atoms with Crippen LogP contribution in [0.15, 0.2) is 42.6 Å². The smallest absolute Gasteiger partial charge is 0.129 e. The molecule has 0 amide bonds. The Morgan fingerprint density at radius 2 is 1.76 bits per heavy atom. The molecular formula is C14H12ClNO. The van der Waals surface area contributed by atoms with Gasteiger partial charge in [0.2, 0.25) is 0 Å². The molecule has 2 nitrogen and oxygen atoms in total. The van der Waals surface area contributed by atoms with E-state index in [0.29, 0.717) is 11.3 Å². The highest BCUT2D eigenvalue weighted by atomic mass is 35.5. The van der Waals surface area contributed by atoms with Crippen LogP contribution in [0.3, 0.4) is 0 Å². The van der Waals surface area contributed by atoms with Gasteiger partial charge in [-0.15, -0.1) is 0 Å². The molecule has 0 saturated carbocycles. The number of nitrogens with zero attached hydrogens (tertiary/aromatic N) is 1. The number of benzene rings is 1. The third-order valence-corrected chi connectivity index (χ3v) is 3.27. The topological polar surface area (TPSA) is 22.1 Å². The maximum Gasteiger partial charge on any atom is 0.129 e. The van der Waals surface area contributed by atoms with Crippen molar-refractivity contribution in [2.75, 3.05) is 6.61 Å². The van der Waals surface area contributed by atoms with Crippen LogP contribution in [0.4, 0.5) is 0 Å². The number of hydrogen-bond donors (Lipinski definition) is 0. The Kier molecular flexibility index (Phi) is 2.83. The molecule has 1 atom stereocenters. The van der Waals surface area contributed by atoms with Crippen LogP contribution in [0, 0.1) is 0 Å². The largest absolute Gasteiger partial charge is 0.373 e. The molecule has 0 N–H and O–H groups in total. The van der Waals surface area contributed by atoms with Crippen molar-refractivity contribution in [2.45, 2.75) is 12.5 Å². The molecule has 1 aliphatic heterocycles. The zero-order chi connectivity index (χ0) is 11.7. The number of ether oxygens (including phenoxy) is 1. The molecule has 1 unspecified atom stereocenters. The molecule has 1 aromatic heterocycles. The van der Waals surface area contributed by atoms with Crippen molar-refractivity contribution in [3.8, 4) is 11.1 Å². The normalized spacial score (nSPS) is 18.8. The van der Waals surface area contributed by atoms with E-state index in [-0.39, 0.29) is 0 Å². The van der Waals surface area contributed by atoms with Crippen LogP contribution in [0.25, 0.3) is 11.1 Å². The van der Waals surface area contributed by atoms with Gasteiger partial charge in [-0.05, 0) is 23.3 Å². The summed E-state index contributed by atoms with van der Waals surface area (Å²) in [6.45, 7) is 0.882. The summed E-state index contributed by atoms with van der Waals surface area (Å²) in [4.78, 5) is 4.08. The van der Waals surface area contributed by atoms with Crippen LogP contribution >= 0.6 is 11.6 Å². The zero-order valence-electron chi connectivity index (χ0n) is 9.27. The third-order valence-electron chi connectivity index (χ3n) is 3.04. The quantitative estimate of drug-likeness (QED) is 0.750. The average molecular weight is 246 g/mol. The van der Waals surface area contributed by atoms with Gasteiger partial charge >= 0.3 is 0 Å². The minimum atomic E-state index is 0.299. The van der Waals surface area contributed by atoms with Crippen molar-refractivity contribution >= 4 is 11.6 Å². The predicted octanol–water partition coefficient (Wildman–Crippen LogP) is 3.86. The van der Waals surface area contributed by atoms with Gasteiger partial charge in [-0.3, -0.25) is 0 Å². The summed E-state index contributed by atoms with van der Waals surface area (Å²) in [6.07, 6.45) is 3.21. The van der Waals surface area contributed by atoms with E-state index in [1.165, 1.54) is 5.56 Å². The maximum absolute atomic E-state index is 5.76. The Hall–Kier alpha value is -1.38. The lowest BCUT2D eigenvalue weighted by atomic mass is 10.00. The molecule has 1 saturated heterocycles. The van der Waals surface area contributed by atoms with Crippen LogP contribution in [0.2, 0.25) is 5.15 Å². The Balaban J connectivity index is 1.86. The summed E-state index contributed by atoms with van der Waals surface area (Å²) in [5.41, 5.74) is 3.48. The lowest BCUT2D eigenvalue weighted by Gasteiger charge is -2.26. The standard InChI is InChI=1S/C14H12ClNO/c15-14-6-5-12(9-16-14)10-1-3-11(4-2-10)13-7-8-17-13/h1-6,9,13H,7-8H2. The van der Waals surface area contributed by atoms with Gasteiger partial charge in [-0.25, -0.2) is 4.98 Å². The van der Waals surface area contributed by atoms with Crippen molar-refractivity contribution in [1.82, 2.24) is 4.98 Å². The third kappa shape index (κ3) is 2.19. The van der Waals surface area contributed by atoms with Crippen LogP contribution in [-0.2, 0) is 4.74 Å². The van der Waals surface area contributed by atoms with E-state index in [0.717, 1.165) is 24.2 Å². The monoisotopic (exact) mass is 245 g/mol. The van der Waals surface area contributed by atoms with Gasteiger partial charge < -0.3 is 4.74 Å². The summed E-state index contributed by atoms with van der Waals surface area (Å²) in [7, 11) is 0.